The average Bonchev–Trinajstić information content (AvgIpc) is 3.74. The highest BCUT2D eigenvalue weighted by Gasteiger charge is 2.44. The zero-order valence-corrected chi connectivity index (χ0v) is 39.7. The van der Waals surface area contributed by atoms with Gasteiger partial charge in [0.05, 0.1) is 24.9 Å². The second kappa shape index (κ2) is 23.0. The summed E-state index contributed by atoms with van der Waals surface area (Å²) in [6.45, 7) is 9.01. The Morgan fingerprint density at radius 2 is 1.67 bits per heavy atom. The number of benzene rings is 3. The molecule has 0 saturated heterocycles. The average molecular weight is 891 g/mol. The quantitative estimate of drug-likeness (QED) is 0.0460. The van der Waals surface area contributed by atoms with Crippen molar-refractivity contribution in [1.29, 1.82) is 0 Å². The normalized spacial score (nSPS) is 17.3. The molecule has 6 rings (SSSR count). The fraction of sp³-hybridized carbons (Fsp3) is 0.481. The van der Waals surface area contributed by atoms with E-state index in [9.17, 15) is 22.9 Å². The van der Waals surface area contributed by atoms with Crippen molar-refractivity contribution in [3.63, 3.8) is 0 Å². The lowest BCUT2D eigenvalue weighted by atomic mass is 9.79. The Morgan fingerprint density at radius 3 is 2.41 bits per heavy atom. The zero-order chi connectivity index (χ0) is 45.7. The summed E-state index contributed by atoms with van der Waals surface area (Å²) >= 11 is 0. The van der Waals surface area contributed by atoms with Crippen molar-refractivity contribution in [3.8, 4) is 5.75 Å². The number of aliphatic hydroxyl groups excluding tert-OH is 1. The lowest BCUT2D eigenvalue weighted by molar-refractivity contribution is -0.438. The van der Waals surface area contributed by atoms with Gasteiger partial charge in [0.1, 0.15) is 18.1 Å². The van der Waals surface area contributed by atoms with Crippen LogP contribution in [-0.2, 0) is 39.8 Å². The monoisotopic (exact) mass is 891 g/mol. The van der Waals surface area contributed by atoms with Crippen LogP contribution in [-0.4, -0.2) is 66.6 Å². The second-order valence-corrected chi connectivity index (χ2v) is 19.9. The van der Waals surface area contributed by atoms with E-state index in [1.165, 1.54) is 40.1 Å². The topological polar surface area (TPSA) is 133 Å². The molecule has 10 heteroatoms. The number of fused-ring (bicyclic) bond motifs is 2. The fourth-order valence-corrected chi connectivity index (χ4v) is 10.2. The van der Waals surface area contributed by atoms with Gasteiger partial charge in [-0.1, -0.05) is 81.2 Å². The van der Waals surface area contributed by atoms with Crippen molar-refractivity contribution in [1.82, 2.24) is 0 Å². The third kappa shape index (κ3) is 12.6. The maximum atomic E-state index is 12.8. The largest absolute Gasteiger partial charge is 0.497 e. The number of aryl methyl sites for hydroxylation is 1. The molecule has 0 bridgehead atoms. The van der Waals surface area contributed by atoms with Crippen LogP contribution in [0.4, 0.5) is 11.4 Å². The van der Waals surface area contributed by atoms with Crippen molar-refractivity contribution >= 4 is 38.6 Å². The van der Waals surface area contributed by atoms with Gasteiger partial charge >= 0.3 is 0 Å². The van der Waals surface area contributed by atoms with Gasteiger partial charge in [0.15, 0.2) is 5.71 Å². The third-order valence-corrected chi connectivity index (χ3v) is 14.1. The number of ether oxygens (including phenoxy) is 1. The molecule has 0 fully saturated rings. The van der Waals surface area contributed by atoms with Crippen LogP contribution in [0.25, 0.3) is 5.57 Å². The summed E-state index contributed by atoms with van der Waals surface area (Å²) in [5.74, 6) is 0.853. The van der Waals surface area contributed by atoms with E-state index in [1.807, 2.05) is 12.1 Å². The van der Waals surface area contributed by atoms with Gasteiger partial charge in [0.2, 0.25) is 5.69 Å². The summed E-state index contributed by atoms with van der Waals surface area (Å²) in [6, 6.07) is 21.4. The first kappa shape index (κ1) is 48.8. The number of ketones is 1. The van der Waals surface area contributed by atoms with E-state index in [1.54, 1.807) is 7.11 Å². The smallest absolute Gasteiger partial charge is 0.264 e. The molecule has 0 atom stereocenters. The Balaban J connectivity index is 1.37. The van der Waals surface area contributed by atoms with E-state index in [2.05, 4.69) is 103 Å². The highest BCUT2D eigenvalue weighted by atomic mass is 32.2. The van der Waals surface area contributed by atoms with Gasteiger partial charge in [-0.2, -0.15) is 13.0 Å². The number of allylic oxidation sites excluding steroid dienone is 8. The molecule has 3 aromatic carbocycles. The number of methoxy groups -OCH3 is 1. The summed E-state index contributed by atoms with van der Waals surface area (Å²) in [6.07, 6.45) is 23.4. The highest BCUT2D eigenvalue weighted by Crippen LogP contribution is 2.44. The van der Waals surface area contributed by atoms with Gasteiger partial charge in [0, 0.05) is 61.3 Å². The molecule has 0 radical (unpaired) electrons. The molecule has 0 amide bonds. The number of carbonyl (C=O) groups is 1. The molecule has 64 heavy (non-hydrogen) atoms. The van der Waals surface area contributed by atoms with E-state index < -0.39 is 10.1 Å². The van der Waals surface area contributed by atoms with Crippen molar-refractivity contribution in [2.45, 2.75) is 136 Å². The van der Waals surface area contributed by atoms with Crippen LogP contribution in [0.2, 0.25) is 0 Å². The first-order chi connectivity index (χ1) is 30.9. The van der Waals surface area contributed by atoms with E-state index in [-0.39, 0.29) is 17.8 Å². The van der Waals surface area contributed by atoms with Crippen LogP contribution in [0.5, 0.6) is 5.75 Å². The standard InChI is InChI=1S/C54H71N3O6S/c1-5-6-11-33-56-46(37-45-36-41(39-58)21-29-50(45)56)26-24-42-15-14-16-43(53(42)44-22-18-40(19-23-44)20-27-47(59)17-9-7-8-10-32-55)25-31-52-54(2,3)49-38-48(63-4)28-30-51(49)57(52)34-12-13-35-64(60,61)62/h18-19,21-26,28-31,36,38,58H,5-17,20,27,32-35,37,39,55H2,1-4H3/p+1. The number of aliphatic hydroxyl groups is 1. The van der Waals surface area contributed by atoms with Crippen LogP contribution in [0.15, 0.2) is 102 Å². The Labute approximate surface area is 383 Å². The molecular formula is C54H72N3O6S+. The molecule has 0 saturated carbocycles. The molecule has 0 aromatic heterocycles. The number of anilines is 1. The minimum atomic E-state index is -4.04. The predicted octanol–water partition coefficient (Wildman–Crippen LogP) is 10.9. The summed E-state index contributed by atoms with van der Waals surface area (Å²) < 4.78 is 40.6. The molecule has 0 unspecified atom stereocenters. The van der Waals surface area contributed by atoms with Crippen molar-refractivity contribution in [2.24, 2.45) is 5.73 Å². The summed E-state index contributed by atoms with van der Waals surface area (Å²) in [7, 11) is -2.36. The molecule has 9 nitrogen and oxygen atoms in total. The van der Waals surface area contributed by atoms with E-state index in [0.717, 1.165) is 117 Å². The molecule has 3 aliphatic rings. The molecular weight excluding hydrogens is 819 g/mol. The predicted molar refractivity (Wildman–Crippen MR) is 262 cm³/mol. The number of hydrogen-bond donors (Lipinski definition) is 3. The minimum Gasteiger partial charge on any atom is -0.497 e. The van der Waals surface area contributed by atoms with E-state index in [4.69, 9.17) is 10.5 Å². The van der Waals surface area contributed by atoms with Gasteiger partial charge in [-0.3, -0.25) is 9.35 Å². The van der Waals surface area contributed by atoms with E-state index >= 15 is 0 Å². The Hall–Kier alpha value is -4.61. The lowest BCUT2D eigenvalue weighted by Gasteiger charge is -2.24. The minimum absolute atomic E-state index is 0.0315. The fourth-order valence-electron chi connectivity index (χ4n) is 9.67. The summed E-state index contributed by atoms with van der Waals surface area (Å²) in [5, 5.41) is 9.93. The number of carbonyl (C=O) groups excluding carboxylic acids is 1. The number of nitrogens with two attached hydrogens (primary N) is 1. The van der Waals surface area contributed by atoms with Crippen LogP contribution in [0, 0.1) is 0 Å². The second-order valence-electron chi connectivity index (χ2n) is 18.3. The first-order valence-corrected chi connectivity index (χ1v) is 25.4. The molecule has 4 N–H and O–H groups in total. The Kier molecular flexibility index (Phi) is 17.6. The van der Waals surface area contributed by atoms with Crippen LogP contribution in [0.3, 0.4) is 0 Å². The SMILES string of the molecule is CCCCCN1C(=CC=C2CCCC(C=CC3=[N+](CCCCS(=O)(=O)O)c4ccc(OC)cc4C3(C)C)=C2c2ccc(CCC(=O)CCCCCCN)cc2)Cc2cc(CO)ccc21. The lowest BCUT2D eigenvalue weighted by Crippen LogP contribution is -2.28. The first-order valence-electron chi connectivity index (χ1n) is 23.8. The third-order valence-electron chi connectivity index (χ3n) is 13.3. The van der Waals surface area contributed by atoms with E-state index in [0.29, 0.717) is 44.6 Å². The summed E-state index contributed by atoms with van der Waals surface area (Å²) in [4.78, 5) is 15.3. The zero-order valence-electron chi connectivity index (χ0n) is 38.8. The van der Waals surface area contributed by atoms with Crippen molar-refractivity contribution < 1.29 is 32.2 Å². The van der Waals surface area contributed by atoms with Crippen LogP contribution >= 0.6 is 0 Å². The van der Waals surface area contributed by atoms with Gasteiger partial charge in [-0.05, 0) is 135 Å². The highest BCUT2D eigenvalue weighted by molar-refractivity contribution is 7.85. The molecule has 0 spiro atoms. The molecule has 3 aromatic rings. The molecule has 1 aliphatic carbocycles. The van der Waals surface area contributed by atoms with Gasteiger partial charge < -0.3 is 20.5 Å². The molecule has 344 valence electrons. The van der Waals surface area contributed by atoms with Crippen LogP contribution < -0.4 is 15.4 Å². The number of nitrogens with zero attached hydrogens (tertiary/aromatic N) is 2. The van der Waals surface area contributed by atoms with Crippen LogP contribution in [0.1, 0.15) is 138 Å². The van der Waals surface area contributed by atoms with Crippen molar-refractivity contribution in [2.75, 3.05) is 37.4 Å². The van der Waals surface area contributed by atoms with Gasteiger partial charge in [-0.15, -0.1) is 0 Å². The number of hydrogen-bond acceptors (Lipinski definition) is 7. The Morgan fingerprint density at radius 1 is 0.891 bits per heavy atom. The number of rotatable bonds is 24. The van der Waals surface area contributed by atoms with Gasteiger partial charge in [-0.25, -0.2) is 0 Å². The van der Waals surface area contributed by atoms with Gasteiger partial charge in [0.25, 0.3) is 10.1 Å². The molecule has 2 aliphatic heterocycles. The number of unbranched alkanes of at least 4 members (excludes halogenated alkanes) is 6. The van der Waals surface area contributed by atoms with Crippen molar-refractivity contribution in [3.05, 3.63) is 130 Å². The number of Topliss-reactive ketones (excluding diaryl/α,β-unsaturated/α-hetero) is 1. The molecule has 2 heterocycles. The maximum Gasteiger partial charge on any atom is 0.264 e. The summed E-state index contributed by atoms with van der Waals surface area (Å²) in [5.41, 5.74) is 19.5. The Bertz CT molecular complexity index is 2370. The maximum absolute atomic E-state index is 12.8.